The summed E-state index contributed by atoms with van der Waals surface area (Å²) in [6, 6.07) is 8.66. The van der Waals surface area contributed by atoms with E-state index in [1.165, 1.54) is 6.20 Å². The molecule has 0 spiro atoms. The predicted octanol–water partition coefficient (Wildman–Crippen LogP) is 3.43. The highest BCUT2D eigenvalue weighted by Crippen LogP contribution is 2.21. The number of benzene rings is 1. The van der Waals surface area contributed by atoms with Crippen LogP contribution in [-0.2, 0) is 0 Å². The van der Waals surface area contributed by atoms with Crippen LogP contribution in [0.25, 0.3) is 0 Å². The van der Waals surface area contributed by atoms with E-state index in [0.29, 0.717) is 28.6 Å². The Morgan fingerprint density at radius 1 is 1.33 bits per heavy atom. The second-order valence-corrected chi connectivity index (χ2v) is 4.67. The number of halogens is 1. The molecule has 1 amide bonds. The van der Waals surface area contributed by atoms with Crippen LogP contribution in [0.1, 0.15) is 17.3 Å². The van der Waals surface area contributed by atoms with E-state index in [1.54, 1.807) is 37.4 Å². The molecule has 1 heterocycles. The molecule has 0 aliphatic carbocycles. The number of hydrogen-bond acceptors (Lipinski definition) is 4. The van der Waals surface area contributed by atoms with Crippen molar-refractivity contribution in [2.45, 2.75) is 6.92 Å². The van der Waals surface area contributed by atoms with Gasteiger partial charge in [-0.05, 0) is 37.3 Å². The van der Waals surface area contributed by atoms with Crippen LogP contribution in [0.2, 0.25) is 5.02 Å². The number of hydrogen-bond donors (Lipinski definition) is 2. The summed E-state index contributed by atoms with van der Waals surface area (Å²) < 4.78 is 5.06. The third-order valence-corrected chi connectivity index (χ3v) is 3.08. The fraction of sp³-hybridized carbons (Fsp3) is 0.200. The van der Waals surface area contributed by atoms with Crippen molar-refractivity contribution in [3.8, 4) is 5.75 Å². The zero-order valence-electron chi connectivity index (χ0n) is 11.8. The fourth-order valence-electron chi connectivity index (χ4n) is 1.74. The van der Waals surface area contributed by atoms with E-state index >= 15 is 0 Å². The van der Waals surface area contributed by atoms with Gasteiger partial charge in [-0.1, -0.05) is 11.6 Å². The van der Waals surface area contributed by atoms with E-state index in [-0.39, 0.29) is 5.91 Å². The Morgan fingerprint density at radius 2 is 2.05 bits per heavy atom. The first-order valence-electron chi connectivity index (χ1n) is 6.49. The standard InChI is InChI=1S/C15H16ClN3O2/c1-3-17-14-13(16)8-10(9-18-14)15(20)19-11-4-6-12(21-2)7-5-11/h4-9H,3H2,1-2H3,(H,17,18)(H,19,20). The average molecular weight is 306 g/mol. The number of carbonyl (C=O) groups is 1. The number of methoxy groups -OCH3 is 1. The minimum absolute atomic E-state index is 0.266. The minimum Gasteiger partial charge on any atom is -0.497 e. The van der Waals surface area contributed by atoms with E-state index in [1.807, 2.05) is 6.92 Å². The summed E-state index contributed by atoms with van der Waals surface area (Å²) in [4.78, 5) is 16.3. The lowest BCUT2D eigenvalue weighted by atomic mass is 10.2. The van der Waals surface area contributed by atoms with Crippen molar-refractivity contribution in [3.63, 3.8) is 0 Å². The van der Waals surface area contributed by atoms with Crippen LogP contribution in [0, 0.1) is 0 Å². The van der Waals surface area contributed by atoms with E-state index in [4.69, 9.17) is 16.3 Å². The summed E-state index contributed by atoms with van der Waals surface area (Å²) in [7, 11) is 1.59. The summed E-state index contributed by atoms with van der Waals surface area (Å²) >= 11 is 6.07. The number of ether oxygens (including phenoxy) is 1. The first-order valence-corrected chi connectivity index (χ1v) is 6.86. The molecule has 1 aromatic heterocycles. The van der Waals surface area contributed by atoms with Crippen LogP contribution in [0.4, 0.5) is 11.5 Å². The predicted molar refractivity (Wildman–Crippen MR) is 84.4 cm³/mol. The zero-order valence-corrected chi connectivity index (χ0v) is 12.6. The molecule has 0 atom stereocenters. The zero-order chi connectivity index (χ0) is 15.2. The Kier molecular flexibility index (Phi) is 5.00. The molecule has 0 unspecified atom stereocenters. The van der Waals surface area contributed by atoms with Gasteiger partial charge in [0.2, 0.25) is 0 Å². The van der Waals surface area contributed by atoms with Crippen LogP contribution in [0.3, 0.4) is 0 Å². The molecule has 0 saturated heterocycles. The molecular weight excluding hydrogens is 290 g/mol. The lowest BCUT2D eigenvalue weighted by Gasteiger charge is -2.08. The summed E-state index contributed by atoms with van der Waals surface area (Å²) in [5.41, 5.74) is 1.07. The molecule has 2 aromatic rings. The Balaban J connectivity index is 2.10. The van der Waals surface area contributed by atoms with Gasteiger partial charge in [-0.2, -0.15) is 0 Å². The van der Waals surface area contributed by atoms with Gasteiger partial charge in [0.05, 0.1) is 17.7 Å². The quantitative estimate of drug-likeness (QED) is 0.888. The highest BCUT2D eigenvalue weighted by atomic mass is 35.5. The number of carbonyl (C=O) groups excluding carboxylic acids is 1. The molecule has 0 aliphatic rings. The van der Waals surface area contributed by atoms with Gasteiger partial charge in [-0.15, -0.1) is 0 Å². The van der Waals surface area contributed by atoms with E-state index in [9.17, 15) is 4.79 Å². The van der Waals surface area contributed by atoms with Crippen LogP contribution >= 0.6 is 11.6 Å². The smallest absolute Gasteiger partial charge is 0.257 e. The lowest BCUT2D eigenvalue weighted by molar-refractivity contribution is 0.102. The SMILES string of the molecule is CCNc1ncc(C(=O)Nc2ccc(OC)cc2)cc1Cl. The van der Waals surface area contributed by atoms with Crippen LogP contribution < -0.4 is 15.4 Å². The summed E-state index contributed by atoms with van der Waals surface area (Å²) in [6.07, 6.45) is 1.49. The first-order chi connectivity index (χ1) is 10.1. The molecular formula is C15H16ClN3O2. The number of nitrogens with zero attached hydrogens (tertiary/aromatic N) is 1. The molecule has 0 bridgehead atoms. The number of amides is 1. The van der Waals surface area contributed by atoms with Crippen molar-refractivity contribution in [2.75, 3.05) is 24.3 Å². The van der Waals surface area contributed by atoms with Gasteiger partial charge in [0.15, 0.2) is 0 Å². The largest absolute Gasteiger partial charge is 0.497 e. The number of nitrogens with one attached hydrogen (secondary N) is 2. The van der Waals surface area contributed by atoms with Crippen molar-refractivity contribution < 1.29 is 9.53 Å². The minimum atomic E-state index is -0.266. The van der Waals surface area contributed by atoms with Gasteiger partial charge >= 0.3 is 0 Å². The topological polar surface area (TPSA) is 63.2 Å². The Hall–Kier alpha value is -2.27. The van der Waals surface area contributed by atoms with Crippen LogP contribution in [0.15, 0.2) is 36.5 Å². The monoisotopic (exact) mass is 305 g/mol. The number of anilines is 2. The summed E-state index contributed by atoms with van der Waals surface area (Å²) in [5.74, 6) is 1.03. The van der Waals surface area contributed by atoms with Crippen molar-refractivity contribution in [3.05, 3.63) is 47.1 Å². The van der Waals surface area contributed by atoms with E-state index < -0.39 is 0 Å². The number of rotatable bonds is 5. The first kappa shape index (κ1) is 15.1. The lowest BCUT2D eigenvalue weighted by Crippen LogP contribution is -2.12. The summed E-state index contributed by atoms with van der Waals surface area (Å²) in [6.45, 7) is 2.66. The molecule has 0 aliphatic heterocycles. The highest BCUT2D eigenvalue weighted by molar-refractivity contribution is 6.33. The maximum absolute atomic E-state index is 12.1. The molecule has 6 heteroatoms. The van der Waals surface area contributed by atoms with Crippen molar-refractivity contribution in [1.29, 1.82) is 0 Å². The van der Waals surface area contributed by atoms with Crippen molar-refractivity contribution in [2.24, 2.45) is 0 Å². The van der Waals surface area contributed by atoms with E-state index in [2.05, 4.69) is 15.6 Å². The molecule has 21 heavy (non-hydrogen) atoms. The third kappa shape index (κ3) is 3.86. The summed E-state index contributed by atoms with van der Waals surface area (Å²) in [5, 5.41) is 6.21. The van der Waals surface area contributed by atoms with E-state index in [0.717, 1.165) is 5.75 Å². The maximum atomic E-state index is 12.1. The Bertz CT molecular complexity index is 629. The van der Waals surface area contributed by atoms with Gasteiger partial charge in [0.25, 0.3) is 5.91 Å². The maximum Gasteiger partial charge on any atom is 0.257 e. The molecule has 1 aromatic carbocycles. The fourth-order valence-corrected chi connectivity index (χ4v) is 1.97. The second kappa shape index (κ2) is 6.95. The molecule has 2 N–H and O–H groups in total. The van der Waals surface area contributed by atoms with Crippen LogP contribution in [-0.4, -0.2) is 24.5 Å². The van der Waals surface area contributed by atoms with Crippen LogP contribution in [0.5, 0.6) is 5.75 Å². The van der Waals surface area contributed by atoms with Gasteiger partial charge in [-0.25, -0.2) is 4.98 Å². The Morgan fingerprint density at radius 3 is 2.62 bits per heavy atom. The molecule has 0 radical (unpaired) electrons. The van der Waals surface area contributed by atoms with Gasteiger partial charge < -0.3 is 15.4 Å². The molecule has 110 valence electrons. The Labute approximate surface area is 128 Å². The number of aromatic nitrogens is 1. The third-order valence-electron chi connectivity index (χ3n) is 2.80. The molecule has 0 fully saturated rings. The number of pyridine rings is 1. The van der Waals surface area contributed by atoms with Gasteiger partial charge in [0.1, 0.15) is 11.6 Å². The van der Waals surface area contributed by atoms with Crippen molar-refractivity contribution >= 4 is 29.0 Å². The highest BCUT2D eigenvalue weighted by Gasteiger charge is 2.10. The average Bonchev–Trinajstić information content (AvgIpc) is 2.50. The second-order valence-electron chi connectivity index (χ2n) is 4.27. The normalized spacial score (nSPS) is 10.0. The molecule has 5 nitrogen and oxygen atoms in total. The van der Waals surface area contributed by atoms with Gasteiger partial charge in [0, 0.05) is 18.4 Å². The molecule has 0 saturated carbocycles. The van der Waals surface area contributed by atoms with Gasteiger partial charge in [-0.3, -0.25) is 4.79 Å². The molecule has 2 rings (SSSR count). The van der Waals surface area contributed by atoms with Crippen molar-refractivity contribution in [1.82, 2.24) is 4.98 Å².